The Labute approximate surface area is 81.5 Å². The van der Waals surface area contributed by atoms with Crippen LogP contribution in [-0.4, -0.2) is 40.9 Å². The molecule has 0 unspecified atom stereocenters. The first-order chi connectivity index (χ1) is 6.09. The third-order valence-electron chi connectivity index (χ3n) is 2.27. The zero-order chi connectivity index (χ0) is 9.84. The molecule has 1 fully saturated rings. The fraction of sp³-hybridized carbons (Fsp3) is 0.750. The third kappa shape index (κ3) is 3.32. The van der Waals surface area contributed by atoms with Crippen LogP contribution in [0.1, 0.15) is 12.8 Å². The Morgan fingerprint density at radius 2 is 1.92 bits per heavy atom. The van der Waals surface area contributed by atoms with Gasteiger partial charge in [-0.25, -0.2) is 0 Å². The number of carbonyl (C=O) groups is 2. The predicted octanol–water partition coefficient (Wildman–Crippen LogP) is 0.548. The molecule has 5 heteroatoms. The van der Waals surface area contributed by atoms with E-state index in [0.29, 0.717) is 25.9 Å². The molecule has 74 valence electrons. The molecular weight excluding hydrogens is 194 g/mol. The first-order valence-corrected chi connectivity index (χ1v) is 4.61. The Kier molecular flexibility index (Phi) is 3.69. The highest BCUT2D eigenvalue weighted by Gasteiger charge is 2.24. The summed E-state index contributed by atoms with van der Waals surface area (Å²) in [4.78, 5) is 22.9. The summed E-state index contributed by atoms with van der Waals surface area (Å²) in [5, 5.41) is 8.21. The molecular formula is C8H12ClNO3. The summed E-state index contributed by atoms with van der Waals surface area (Å²) in [6.45, 7) is 1.36. The number of carboxylic acids is 1. The molecule has 0 radical (unpaired) electrons. The van der Waals surface area contributed by atoms with Crippen LogP contribution in [0.4, 0.5) is 0 Å². The Bertz CT molecular complexity index is 211. The van der Waals surface area contributed by atoms with Crippen LogP contribution >= 0.6 is 11.6 Å². The molecule has 1 N–H and O–H groups in total. The van der Waals surface area contributed by atoms with Gasteiger partial charge in [-0.05, 0) is 37.5 Å². The lowest BCUT2D eigenvalue weighted by Crippen LogP contribution is -2.38. The fourth-order valence-corrected chi connectivity index (χ4v) is 1.73. The fourth-order valence-electron chi connectivity index (χ4n) is 1.51. The highest BCUT2D eigenvalue weighted by atomic mass is 35.5. The van der Waals surface area contributed by atoms with Gasteiger partial charge < -0.3 is 5.11 Å². The zero-order valence-electron chi connectivity index (χ0n) is 7.20. The molecule has 1 rings (SSSR count). The van der Waals surface area contributed by atoms with Gasteiger partial charge >= 0.3 is 5.97 Å². The van der Waals surface area contributed by atoms with E-state index >= 15 is 0 Å². The van der Waals surface area contributed by atoms with Gasteiger partial charge in [-0.1, -0.05) is 0 Å². The summed E-state index contributed by atoms with van der Waals surface area (Å²) < 4.78 is 0. The summed E-state index contributed by atoms with van der Waals surface area (Å²) in [6, 6.07) is 0. The number of carboxylic acid groups (broad SMARTS) is 1. The predicted molar refractivity (Wildman–Crippen MR) is 47.7 cm³/mol. The number of piperidine rings is 1. The molecule has 0 aromatic rings. The Balaban J connectivity index is 2.30. The summed E-state index contributed by atoms with van der Waals surface area (Å²) in [5.41, 5.74) is 0. The van der Waals surface area contributed by atoms with Crippen molar-refractivity contribution in [1.82, 2.24) is 4.90 Å². The van der Waals surface area contributed by atoms with Gasteiger partial charge in [0.2, 0.25) is 5.24 Å². The molecule has 13 heavy (non-hydrogen) atoms. The quantitative estimate of drug-likeness (QED) is 0.684. The minimum absolute atomic E-state index is 0.0587. The van der Waals surface area contributed by atoms with Crippen LogP contribution in [0.25, 0.3) is 0 Å². The van der Waals surface area contributed by atoms with E-state index in [-0.39, 0.29) is 17.7 Å². The van der Waals surface area contributed by atoms with Gasteiger partial charge in [-0.15, -0.1) is 0 Å². The van der Waals surface area contributed by atoms with E-state index in [1.54, 1.807) is 0 Å². The average Bonchev–Trinajstić information content (AvgIpc) is 2.04. The summed E-state index contributed by atoms with van der Waals surface area (Å²) in [5.74, 6) is -0.901. The zero-order valence-corrected chi connectivity index (χ0v) is 7.96. The Hall–Kier alpha value is -0.610. The molecule has 0 aliphatic carbocycles. The van der Waals surface area contributed by atoms with Crippen molar-refractivity contribution in [3.63, 3.8) is 0 Å². The topological polar surface area (TPSA) is 57.6 Å². The lowest BCUT2D eigenvalue weighted by Gasteiger charge is -2.28. The lowest BCUT2D eigenvalue weighted by atomic mass is 9.98. The summed E-state index contributed by atoms with van der Waals surface area (Å²) in [6.07, 6.45) is 1.35. The maximum atomic E-state index is 10.8. The number of likely N-dealkylation sites (tertiary alicyclic amines) is 1. The molecule has 0 saturated carbocycles. The number of carbonyl (C=O) groups excluding carboxylic acids is 1. The minimum atomic E-state index is -0.823. The van der Waals surface area contributed by atoms with Gasteiger partial charge in [0.15, 0.2) is 0 Å². The van der Waals surface area contributed by atoms with Crippen LogP contribution in [0.3, 0.4) is 0 Å². The van der Waals surface area contributed by atoms with Crippen molar-refractivity contribution in [2.24, 2.45) is 5.92 Å². The highest BCUT2D eigenvalue weighted by molar-refractivity contribution is 6.63. The van der Waals surface area contributed by atoms with E-state index in [1.807, 2.05) is 4.90 Å². The molecule has 4 nitrogen and oxygen atoms in total. The molecule has 0 bridgehead atoms. The molecule has 0 amide bonds. The standard InChI is InChI=1S/C8H12ClNO3/c9-8(13)6-1-3-10(4-2-6)5-7(11)12/h6H,1-5H2,(H,11,12). The van der Waals surface area contributed by atoms with Gasteiger partial charge in [0, 0.05) is 5.92 Å². The van der Waals surface area contributed by atoms with Crippen molar-refractivity contribution >= 4 is 22.8 Å². The van der Waals surface area contributed by atoms with Crippen molar-refractivity contribution in [3.8, 4) is 0 Å². The van der Waals surface area contributed by atoms with E-state index in [2.05, 4.69) is 0 Å². The molecule has 1 aliphatic heterocycles. The van der Waals surface area contributed by atoms with Gasteiger partial charge in [0.25, 0.3) is 0 Å². The molecule has 1 saturated heterocycles. The molecule has 0 atom stereocenters. The number of hydrogen-bond acceptors (Lipinski definition) is 3. The van der Waals surface area contributed by atoms with Crippen LogP contribution in [0.5, 0.6) is 0 Å². The van der Waals surface area contributed by atoms with E-state index < -0.39 is 5.97 Å². The second-order valence-electron chi connectivity index (χ2n) is 3.25. The highest BCUT2D eigenvalue weighted by Crippen LogP contribution is 2.18. The molecule has 0 aromatic carbocycles. The Morgan fingerprint density at radius 3 is 2.31 bits per heavy atom. The molecule has 0 aromatic heterocycles. The smallest absolute Gasteiger partial charge is 0.317 e. The Morgan fingerprint density at radius 1 is 1.38 bits per heavy atom. The van der Waals surface area contributed by atoms with Crippen molar-refractivity contribution in [2.75, 3.05) is 19.6 Å². The average molecular weight is 206 g/mol. The number of rotatable bonds is 3. The van der Waals surface area contributed by atoms with E-state index in [0.717, 1.165) is 0 Å². The molecule has 1 heterocycles. The van der Waals surface area contributed by atoms with Gasteiger partial charge in [-0.2, -0.15) is 0 Å². The van der Waals surface area contributed by atoms with Crippen LogP contribution in [-0.2, 0) is 9.59 Å². The van der Waals surface area contributed by atoms with E-state index in [4.69, 9.17) is 16.7 Å². The third-order valence-corrected chi connectivity index (χ3v) is 2.58. The monoisotopic (exact) mass is 205 g/mol. The maximum Gasteiger partial charge on any atom is 0.317 e. The summed E-state index contributed by atoms with van der Waals surface area (Å²) in [7, 11) is 0. The normalized spacial score (nSPS) is 20.1. The lowest BCUT2D eigenvalue weighted by molar-refractivity contribution is -0.138. The van der Waals surface area contributed by atoms with Gasteiger partial charge in [0.05, 0.1) is 6.54 Å². The van der Waals surface area contributed by atoms with Crippen LogP contribution in [0.15, 0.2) is 0 Å². The van der Waals surface area contributed by atoms with E-state index in [9.17, 15) is 9.59 Å². The summed E-state index contributed by atoms with van der Waals surface area (Å²) >= 11 is 5.34. The second kappa shape index (κ2) is 4.58. The largest absolute Gasteiger partial charge is 0.480 e. The molecule has 0 spiro atoms. The van der Waals surface area contributed by atoms with Crippen molar-refractivity contribution in [3.05, 3.63) is 0 Å². The maximum absolute atomic E-state index is 10.8. The van der Waals surface area contributed by atoms with E-state index in [1.165, 1.54) is 0 Å². The first-order valence-electron chi connectivity index (χ1n) is 4.23. The van der Waals surface area contributed by atoms with Gasteiger partial charge in [-0.3, -0.25) is 14.5 Å². The van der Waals surface area contributed by atoms with Crippen molar-refractivity contribution < 1.29 is 14.7 Å². The number of halogens is 1. The second-order valence-corrected chi connectivity index (χ2v) is 3.62. The number of hydrogen-bond donors (Lipinski definition) is 1. The van der Waals surface area contributed by atoms with Gasteiger partial charge in [0.1, 0.15) is 0 Å². The van der Waals surface area contributed by atoms with Crippen LogP contribution < -0.4 is 0 Å². The van der Waals surface area contributed by atoms with Crippen LogP contribution in [0, 0.1) is 5.92 Å². The van der Waals surface area contributed by atoms with Crippen molar-refractivity contribution in [2.45, 2.75) is 12.8 Å². The molecule has 1 aliphatic rings. The first kappa shape index (κ1) is 10.5. The van der Waals surface area contributed by atoms with Crippen molar-refractivity contribution in [1.29, 1.82) is 0 Å². The minimum Gasteiger partial charge on any atom is -0.480 e. The number of aliphatic carboxylic acids is 1. The van der Waals surface area contributed by atoms with Crippen LogP contribution in [0.2, 0.25) is 0 Å². The number of nitrogens with zero attached hydrogens (tertiary/aromatic N) is 1. The SMILES string of the molecule is O=C(O)CN1CCC(C(=O)Cl)CC1.